The normalized spacial score (nSPS) is 31.2. The summed E-state index contributed by atoms with van der Waals surface area (Å²) in [5.41, 5.74) is 2.49. The molecular weight excluding hydrogens is 819 g/mol. The number of nitrogens with one attached hydrogen (secondary N) is 3. The van der Waals surface area contributed by atoms with Crippen molar-refractivity contribution < 1.29 is 34.8 Å². The molecule has 4 saturated carbocycles. The van der Waals surface area contributed by atoms with E-state index in [4.69, 9.17) is 0 Å². The highest BCUT2D eigenvalue weighted by Crippen LogP contribution is 2.68. The van der Waals surface area contributed by atoms with Gasteiger partial charge in [-0.3, -0.25) is 19.4 Å². The lowest BCUT2D eigenvalue weighted by atomic mass is 9.43. The topological polar surface area (TPSA) is 194 Å². The number of nitrogens with zero attached hydrogens (tertiary/aromatic N) is 2. The van der Waals surface area contributed by atoms with E-state index >= 15 is 0 Å². The van der Waals surface area contributed by atoms with Gasteiger partial charge in [-0.15, -0.1) is 0 Å². The Hall–Kier alpha value is -5.17. The first-order chi connectivity index (χ1) is 31.3. The van der Waals surface area contributed by atoms with Crippen LogP contribution < -0.4 is 16.0 Å². The van der Waals surface area contributed by atoms with E-state index in [-0.39, 0.29) is 83.5 Å². The Labute approximate surface area is 383 Å². The quantitative estimate of drug-likeness (QED) is 0.0574. The monoisotopic (exact) mass is 886 g/mol. The minimum Gasteiger partial charge on any atom is -0.481 e. The molecule has 2 amide bonds. The summed E-state index contributed by atoms with van der Waals surface area (Å²) in [6.07, 6.45) is 8.01. The molecule has 4 aliphatic rings. The van der Waals surface area contributed by atoms with Crippen molar-refractivity contribution in [1.29, 1.82) is 0 Å². The zero-order chi connectivity index (χ0) is 45.9. The zero-order valence-corrected chi connectivity index (χ0v) is 37.9. The standard InChI is InChI=1S/C53H67N5O7/c1-32(15-24-47(63)64)38-20-21-39-48-40(31-43(60)53(38,39)3)52(2)26-25-37(29-35(52)30-42(48)59)57-46(62)23-22-45(61)56-36-18-16-33(17-19-36)50(58-44-14-8-10-28-55-44)49(41-13-7-9-27-54-41)51(65)34-11-5-4-6-12-34/h4-14,16-19,27-28,32,35,37-40,42-43,48-51,59-60,65H,15,20-26,29-31H2,1-3H3,(H,55,58)(H,56,61)(H,57,62)(H,63,64)/t32?,35?,37?,38?,39?,40?,42-,43+,48?,49?,50?,51?,52+,53-/m1/s1. The number of hydrogen-bond acceptors (Lipinski definition) is 9. The highest BCUT2D eigenvalue weighted by Gasteiger charge is 2.65. The number of carbonyl (C=O) groups excluding carboxylic acids is 2. The molecule has 2 aromatic carbocycles. The van der Waals surface area contributed by atoms with Crippen LogP contribution in [0.2, 0.25) is 0 Å². The summed E-state index contributed by atoms with van der Waals surface area (Å²) in [6.45, 7) is 6.68. The van der Waals surface area contributed by atoms with Crippen LogP contribution in [0, 0.1) is 46.3 Å². The molecule has 0 radical (unpaired) electrons. The van der Waals surface area contributed by atoms with Crippen LogP contribution in [0.4, 0.5) is 11.5 Å². The van der Waals surface area contributed by atoms with Crippen LogP contribution in [0.25, 0.3) is 0 Å². The molecule has 12 heteroatoms. The fourth-order valence-corrected chi connectivity index (χ4v) is 13.3. The maximum absolute atomic E-state index is 13.3. The molecule has 0 saturated heterocycles. The second-order valence-electron chi connectivity index (χ2n) is 20.2. The molecular formula is C53H67N5O7. The maximum Gasteiger partial charge on any atom is 0.303 e. The number of pyridine rings is 2. The van der Waals surface area contributed by atoms with Gasteiger partial charge in [-0.25, -0.2) is 4.98 Å². The van der Waals surface area contributed by atoms with E-state index in [1.807, 2.05) is 91.0 Å². The molecule has 0 bridgehead atoms. The number of aliphatic hydroxyl groups is 3. The number of hydrogen-bond donors (Lipinski definition) is 7. The molecule has 2 heterocycles. The molecule has 0 spiro atoms. The molecule has 12 nitrogen and oxygen atoms in total. The van der Waals surface area contributed by atoms with Gasteiger partial charge in [-0.1, -0.05) is 75.4 Å². The lowest BCUT2D eigenvalue weighted by Gasteiger charge is -2.63. The number of aliphatic carboxylic acids is 1. The van der Waals surface area contributed by atoms with Crippen molar-refractivity contribution in [1.82, 2.24) is 15.3 Å². The Balaban J connectivity index is 0.870. The summed E-state index contributed by atoms with van der Waals surface area (Å²) in [5.74, 6) is -0.0135. The first-order valence-corrected chi connectivity index (χ1v) is 23.8. The van der Waals surface area contributed by atoms with Crippen molar-refractivity contribution in [2.75, 3.05) is 10.6 Å². The van der Waals surface area contributed by atoms with Gasteiger partial charge in [0.25, 0.3) is 0 Å². The van der Waals surface area contributed by atoms with E-state index in [0.29, 0.717) is 36.5 Å². The predicted molar refractivity (Wildman–Crippen MR) is 249 cm³/mol. The van der Waals surface area contributed by atoms with Crippen molar-refractivity contribution in [2.24, 2.45) is 46.3 Å². The molecule has 10 unspecified atom stereocenters. The first kappa shape index (κ1) is 46.4. The number of carboxylic acid groups (broad SMARTS) is 1. The van der Waals surface area contributed by atoms with Crippen molar-refractivity contribution in [3.8, 4) is 0 Å². The minimum absolute atomic E-state index is 0.0206. The lowest BCUT2D eigenvalue weighted by Crippen LogP contribution is -2.63. The number of carboxylic acids is 1. The average molecular weight is 886 g/mol. The van der Waals surface area contributed by atoms with Gasteiger partial charge in [0.15, 0.2) is 0 Å². The SMILES string of the molecule is CC(CCC(=O)O)C1CCC2C3C(C[C@H](O)[C@]12C)[C@@]1(C)CCC(NC(=O)CCC(=O)Nc2ccc(C(Nc4ccccn4)C(c4ccccn4)C(O)c4ccccc4)cc2)CC1C[C@H]3O. The third-order valence-corrected chi connectivity index (χ3v) is 16.7. The van der Waals surface area contributed by atoms with E-state index in [9.17, 15) is 34.8 Å². The van der Waals surface area contributed by atoms with Crippen LogP contribution in [0.5, 0.6) is 0 Å². The van der Waals surface area contributed by atoms with Crippen LogP contribution in [0.3, 0.4) is 0 Å². The average Bonchev–Trinajstić information content (AvgIpc) is 3.67. The van der Waals surface area contributed by atoms with Crippen LogP contribution in [-0.4, -0.2) is 66.4 Å². The molecule has 346 valence electrons. The number of fused-ring (bicyclic) bond motifs is 5. The van der Waals surface area contributed by atoms with E-state index in [1.54, 1.807) is 12.4 Å². The zero-order valence-electron chi connectivity index (χ0n) is 37.9. The van der Waals surface area contributed by atoms with Crippen molar-refractivity contribution in [3.05, 3.63) is 120 Å². The van der Waals surface area contributed by atoms with Gasteiger partial charge in [0.1, 0.15) is 5.82 Å². The van der Waals surface area contributed by atoms with E-state index in [0.717, 1.165) is 43.2 Å². The molecule has 8 rings (SSSR count). The fourth-order valence-electron chi connectivity index (χ4n) is 13.3. The summed E-state index contributed by atoms with van der Waals surface area (Å²) in [7, 11) is 0. The lowest BCUT2D eigenvalue weighted by molar-refractivity contribution is -0.202. The second kappa shape index (κ2) is 19.7. The van der Waals surface area contributed by atoms with Crippen molar-refractivity contribution >= 4 is 29.3 Å². The van der Waals surface area contributed by atoms with Crippen molar-refractivity contribution in [3.63, 3.8) is 0 Å². The predicted octanol–water partition coefficient (Wildman–Crippen LogP) is 8.45. The number of aliphatic hydroxyl groups excluding tert-OH is 3. The largest absolute Gasteiger partial charge is 0.481 e. The molecule has 65 heavy (non-hydrogen) atoms. The number of anilines is 2. The smallest absolute Gasteiger partial charge is 0.303 e. The van der Waals surface area contributed by atoms with Crippen LogP contribution in [0.1, 0.15) is 126 Å². The molecule has 4 aliphatic carbocycles. The van der Waals surface area contributed by atoms with Gasteiger partial charge >= 0.3 is 5.97 Å². The van der Waals surface area contributed by atoms with Crippen LogP contribution >= 0.6 is 0 Å². The third kappa shape index (κ3) is 9.72. The number of benzene rings is 2. The summed E-state index contributed by atoms with van der Waals surface area (Å²) >= 11 is 0. The number of aromatic nitrogens is 2. The summed E-state index contributed by atoms with van der Waals surface area (Å²) < 4.78 is 0. The van der Waals surface area contributed by atoms with Gasteiger partial charge in [-0.2, -0.15) is 0 Å². The fraction of sp³-hybridized carbons (Fsp3) is 0.528. The highest BCUT2D eigenvalue weighted by molar-refractivity contribution is 5.93. The summed E-state index contributed by atoms with van der Waals surface area (Å²) in [6, 6.07) is 27.8. The molecule has 4 aromatic rings. The minimum atomic E-state index is -0.908. The molecule has 4 fully saturated rings. The summed E-state index contributed by atoms with van der Waals surface area (Å²) in [4.78, 5) is 47.1. The van der Waals surface area contributed by atoms with E-state index in [2.05, 4.69) is 46.7 Å². The van der Waals surface area contributed by atoms with Gasteiger partial charge in [0, 0.05) is 49.1 Å². The van der Waals surface area contributed by atoms with Gasteiger partial charge in [0.05, 0.1) is 30.3 Å². The Kier molecular flexibility index (Phi) is 14.1. The van der Waals surface area contributed by atoms with E-state index < -0.39 is 36.2 Å². The Morgan fingerprint density at radius 1 is 0.769 bits per heavy atom. The maximum atomic E-state index is 13.3. The first-order valence-electron chi connectivity index (χ1n) is 23.8. The molecule has 0 aliphatic heterocycles. The molecule has 2 aromatic heterocycles. The second-order valence-corrected chi connectivity index (χ2v) is 20.2. The third-order valence-electron chi connectivity index (χ3n) is 16.7. The number of amides is 2. The van der Waals surface area contributed by atoms with E-state index in [1.165, 1.54) is 0 Å². The van der Waals surface area contributed by atoms with Crippen molar-refractivity contribution in [2.45, 2.75) is 128 Å². The van der Waals surface area contributed by atoms with Crippen LogP contribution in [0.15, 0.2) is 103 Å². The Bertz CT molecular complexity index is 2230. The molecule has 7 N–H and O–H groups in total. The number of carbonyl (C=O) groups is 3. The highest BCUT2D eigenvalue weighted by atomic mass is 16.4. The Morgan fingerprint density at radius 2 is 1.48 bits per heavy atom. The molecule has 14 atom stereocenters. The number of rotatable bonds is 16. The van der Waals surface area contributed by atoms with Gasteiger partial charge in [0.2, 0.25) is 11.8 Å². The summed E-state index contributed by atoms with van der Waals surface area (Å²) in [5, 5.41) is 54.8. The van der Waals surface area contributed by atoms with Gasteiger partial charge < -0.3 is 36.4 Å². The van der Waals surface area contributed by atoms with Gasteiger partial charge in [-0.05, 0) is 145 Å². The van der Waals surface area contributed by atoms with Crippen LogP contribution in [-0.2, 0) is 14.4 Å². The Morgan fingerprint density at radius 3 is 2.17 bits per heavy atom.